The number of hydrogen-bond acceptors (Lipinski definition) is 4. The van der Waals surface area contributed by atoms with Gasteiger partial charge in [-0.2, -0.15) is 5.10 Å². The van der Waals surface area contributed by atoms with Gasteiger partial charge in [0.25, 0.3) is 0 Å². The first-order chi connectivity index (χ1) is 11.2. The molecule has 0 unspecified atom stereocenters. The van der Waals surface area contributed by atoms with Crippen molar-refractivity contribution < 1.29 is 4.79 Å². The van der Waals surface area contributed by atoms with Crippen molar-refractivity contribution in [3.8, 4) is 0 Å². The average molecular weight is 321 g/mol. The summed E-state index contributed by atoms with van der Waals surface area (Å²) in [5.74, 6) is -0.0468. The largest absolute Gasteiger partial charge is 0.273 e. The molecule has 1 amide bonds. The Balaban J connectivity index is 1.80. The third kappa shape index (κ3) is 2.43. The second kappa shape index (κ2) is 5.59. The van der Waals surface area contributed by atoms with Gasteiger partial charge >= 0.3 is 0 Å². The van der Waals surface area contributed by atoms with Crippen LogP contribution >= 0.6 is 11.3 Å². The molecule has 3 heterocycles. The Hall–Kier alpha value is -2.53. The van der Waals surface area contributed by atoms with Crippen LogP contribution in [0.2, 0.25) is 0 Å². The van der Waals surface area contributed by atoms with Crippen molar-refractivity contribution in [2.45, 2.75) is 19.4 Å². The van der Waals surface area contributed by atoms with E-state index in [1.807, 2.05) is 47.8 Å². The molecule has 0 bridgehead atoms. The predicted octanol–water partition coefficient (Wildman–Crippen LogP) is 3.99. The van der Waals surface area contributed by atoms with E-state index in [2.05, 4.69) is 10.1 Å². The number of carbonyl (C=O) groups excluding carboxylic acids is 1. The highest BCUT2D eigenvalue weighted by Crippen LogP contribution is 2.36. The van der Waals surface area contributed by atoms with Crippen LogP contribution < -0.4 is 0 Å². The van der Waals surface area contributed by atoms with E-state index in [0.29, 0.717) is 0 Å². The fraction of sp³-hybridized carbons (Fsp3) is 0.167. The van der Waals surface area contributed by atoms with Gasteiger partial charge in [0.15, 0.2) is 0 Å². The zero-order valence-electron chi connectivity index (χ0n) is 12.6. The molecular formula is C18H15N3OS. The minimum Gasteiger partial charge on any atom is -0.273 e. The summed E-state index contributed by atoms with van der Waals surface area (Å²) >= 11 is 1.65. The lowest BCUT2D eigenvalue weighted by molar-refractivity contribution is -0.130. The molecule has 1 aliphatic rings. The van der Waals surface area contributed by atoms with Gasteiger partial charge in [-0.1, -0.05) is 30.3 Å². The maximum Gasteiger partial charge on any atom is 0.240 e. The molecule has 4 rings (SSSR count). The molecule has 114 valence electrons. The highest BCUT2D eigenvalue weighted by molar-refractivity contribution is 7.12. The quantitative estimate of drug-likeness (QED) is 0.716. The molecule has 2 aromatic heterocycles. The van der Waals surface area contributed by atoms with Crippen LogP contribution in [0.4, 0.5) is 0 Å². The van der Waals surface area contributed by atoms with Crippen LogP contribution in [0.25, 0.3) is 10.9 Å². The SMILES string of the molecule is CC(=O)N1N=C(c2cccs2)C[C@H]1c1cccc2cccnc12. The molecule has 23 heavy (non-hydrogen) atoms. The van der Waals surface area contributed by atoms with Gasteiger partial charge < -0.3 is 0 Å². The van der Waals surface area contributed by atoms with Gasteiger partial charge in [-0.25, -0.2) is 5.01 Å². The Kier molecular flexibility index (Phi) is 3.42. The third-order valence-corrected chi connectivity index (χ3v) is 4.98. The molecule has 0 radical (unpaired) electrons. The van der Waals surface area contributed by atoms with Gasteiger partial charge in [-0.05, 0) is 17.5 Å². The highest BCUT2D eigenvalue weighted by atomic mass is 32.1. The predicted molar refractivity (Wildman–Crippen MR) is 92.5 cm³/mol. The number of carbonyl (C=O) groups is 1. The second-order valence-corrected chi connectivity index (χ2v) is 6.48. The first kappa shape index (κ1) is 14.1. The molecule has 0 saturated heterocycles. The normalized spacial score (nSPS) is 17.5. The molecule has 3 aromatic rings. The van der Waals surface area contributed by atoms with Gasteiger partial charge in [-0.3, -0.25) is 9.78 Å². The van der Waals surface area contributed by atoms with Crippen molar-refractivity contribution in [2.75, 3.05) is 0 Å². The number of nitrogens with zero attached hydrogens (tertiary/aromatic N) is 3. The summed E-state index contributed by atoms with van der Waals surface area (Å²) in [4.78, 5) is 17.7. The molecule has 0 saturated carbocycles. The number of thiophene rings is 1. The molecule has 1 aromatic carbocycles. The summed E-state index contributed by atoms with van der Waals surface area (Å²) in [7, 11) is 0. The Labute approximate surface area is 138 Å². The summed E-state index contributed by atoms with van der Waals surface area (Å²) in [5, 5.41) is 9.29. The first-order valence-electron chi connectivity index (χ1n) is 7.49. The van der Waals surface area contributed by atoms with Crippen molar-refractivity contribution in [1.29, 1.82) is 0 Å². The second-order valence-electron chi connectivity index (χ2n) is 5.53. The van der Waals surface area contributed by atoms with E-state index in [0.717, 1.165) is 33.5 Å². The zero-order valence-corrected chi connectivity index (χ0v) is 13.5. The Morgan fingerprint density at radius 1 is 1.22 bits per heavy atom. The van der Waals surface area contributed by atoms with E-state index in [4.69, 9.17) is 0 Å². The van der Waals surface area contributed by atoms with Gasteiger partial charge in [0.05, 0.1) is 22.1 Å². The summed E-state index contributed by atoms with van der Waals surface area (Å²) in [6.45, 7) is 1.56. The van der Waals surface area contributed by atoms with Crippen LogP contribution in [-0.2, 0) is 4.79 Å². The van der Waals surface area contributed by atoms with Gasteiger partial charge in [0, 0.05) is 30.5 Å². The highest BCUT2D eigenvalue weighted by Gasteiger charge is 2.32. The monoisotopic (exact) mass is 321 g/mol. The maximum atomic E-state index is 12.1. The van der Waals surface area contributed by atoms with Crippen molar-refractivity contribution in [2.24, 2.45) is 5.10 Å². The van der Waals surface area contributed by atoms with E-state index in [1.165, 1.54) is 0 Å². The summed E-state index contributed by atoms with van der Waals surface area (Å²) in [6, 6.07) is 14.0. The standard InChI is InChI=1S/C18H15N3OS/c1-12(22)21-16(11-15(20-21)17-8-4-10-23-17)14-7-2-5-13-6-3-9-19-18(13)14/h2-10,16H,11H2,1H3/t16-/m0/s1. The minimum absolute atomic E-state index is 0.0468. The fourth-order valence-electron chi connectivity index (χ4n) is 3.03. The number of benzene rings is 1. The van der Waals surface area contributed by atoms with Crippen LogP contribution in [0.1, 0.15) is 29.8 Å². The summed E-state index contributed by atoms with van der Waals surface area (Å²) in [6.07, 6.45) is 2.51. The number of amides is 1. The number of hydrazone groups is 1. The van der Waals surface area contributed by atoms with Gasteiger partial charge in [-0.15, -0.1) is 11.3 Å². The van der Waals surface area contributed by atoms with Crippen molar-refractivity contribution in [3.63, 3.8) is 0 Å². The lowest BCUT2D eigenvalue weighted by Gasteiger charge is -2.21. The molecule has 0 N–H and O–H groups in total. The summed E-state index contributed by atoms with van der Waals surface area (Å²) < 4.78 is 0. The van der Waals surface area contributed by atoms with Crippen LogP contribution in [-0.4, -0.2) is 21.6 Å². The molecule has 4 nitrogen and oxygen atoms in total. The number of hydrogen-bond donors (Lipinski definition) is 0. The molecule has 0 spiro atoms. The van der Waals surface area contributed by atoms with Crippen LogP contribution in [0.5, 0.6) is 0 Å². The molecule has 1 aliphatic heterocycles. The average Bonchev–Trinajstić information content (AvgIpc) is 3.23. The lowest BCUT2D eigenvalue weighted by Crippen LogP contribution is -2.24. The number of para-hydroxylation sites is 1. The molecule has 0 aliphatic carbocycles. The number of aromatic nitrogens is 1. The van der Waals surface area contributed by atoms with E-state index in [-0.39, 0.29) is 11.9 Å². The van der Waals surface area contributed by atoms with E-state index < -0.39 is 0 Å². The van der Waals surface area contributed by atoms with E-state index in [1.54, 1.807) is 29.5 Å². The number of fused-ring (bicyclic) bond motifs is 1. The van der Waals surface area contributed by atoms with E-state index in [9.17, 15) is 4.79 Å². The van der Waals surface area contributed by atoms with Crippen LogP contribution in [0.15, 0.2) is 59.1 Å². The van der Waals surface area contributed by atoms with Crippen molar-refractivity contribution >= 4 is 33.9 Å². The van der Waals surface area contributed by atoms with Gasteiger partial charge in [0.2, 0.25) is 5.91 Å². The molecular weight excluding hydrogens is 306 g/mol. The molecule has 0 fully saturated rings. The smallest absolute Gasteiger partial charge is 0.240 e. The van der Waals surface area contributed by atoms with Crippen LogP contribution in [0.3, 0.4) is 0 Å². The Morgan fingerprint density at radius 3 is 2.87 bits per heavy atom. The maximum absolute atomic E-state index is 12.1. The van der Waals surface area contributed by atoms with Crippen LogP contribution in [0, 0.1) is 0 Å². The third-order valence-electron chi connectivity index (χ3n) is 4.06. The summed E-state index contributed by atoms with van der Waals surface area (Å²) in [5.41, 5.74) is 2.95. The number of pyridine rings is 1. The van der Waals surface area contributed by atoms with E-state index >= 15 is 0 Å². The molecule has 5 heteroatoms. The Morgan fingerprint density at radius 2 is 2.09 bits per heavy atom. The first-order valence-corrected chi connectivity index (χ1v) is 8.37. The fourth-order valence-corrected chi connectivity index (χ4v) is 3.75. The van der Waals surface area contributed by atoms with Gasteiger partial charge in [0.1, 0.15) is 0 Å². The number of rotatable bonds is 2. The zero-order chi connectivity index (χ0) is 15.8. The van der Waals surface area contributed by atoms with Crippen molar-refractivity contribution in [3.05, 3.63) is 64.5 Å². The van der Waals surface area contributed by atoms with Crippen molar-refractivity contribution in [1.82, 2.24) is 9.99 Å². The topological polar surface area (TPSA) is 45.6 Å². The lowest BCUT2D eigenvalue weighted by atomic mass is 9.98. The minimum atomic E-state index is -0.0943. The Bertz CT molecular complexity index is 896. The molecule has 1 atom stereocenters.